The van der Waals surface area contributed by atoms with Crippen LogP contribution in [0.2, 0.25) is 0 Å². The van der Waals surface area contributed by atoms with E-state index in [2.05, 4.69) is 10.3 Å². The normalized spacial score (nSPS) is 20.6. The van der Waals surface area contributed by atoms with E-state index in [9.17, 15) is 31.5 Å². The molecule has 1 aromatic carbocycles. The van der Waals surface area contributed by atoms with Crippen LogP contribution in [-0.2, 0) is 22.7 Å². The van der Waals surface area contributed by atoms with Gasteiger partial charge in [-0.15, -0.1) is 0 Å². The van der Waals surface area contributed by atoms with E-state index >= 15 is 0 Å². The van der Waals surface area contributed by atoms with Gasteiger partial charge in [-0.3, -0.25) is 4.79 Å². The Morgan fingerprint density at radius 2 is 1.87 bits per heavy atom. The summed E-state index contributed by atoms with van der Waals surface area (Å²) in [5, 5.41) is 13.2. The van der Waals surface area contributed by atoms with Crippen molar-refractivity contribution in [1.82, 2.24) is 14.9 Å². The van der Waals surface area contributed by atoms with Crippen molar-refractivity contribution in [3.63, 3.8) is 0 Å². The summed E-state index contributed by atoms with van der Waals surface area (Å²) in [4.78, 5) is 17.6. The number of aromatic nitrogens is 2. The minimum absolute atomic E-state index is 0.0341. The number of ether oxygens (including phenoxy) is 1. The summed E-state index contributed by atoms with van der Waals surface area (Å²) in [6.45, 7) is 5.86. The highest BCUT2D eigenvalue weighted by atomic mass is 32.2. The molecule has 1 aliphatic carbocycles. The number of halogens is 3. The molecule has 1 amide bonds. The van der Waals surface area contributed by atoms with E-state index in [1.165, 1.54) is 13.4 Å². The topological polar surface area (TPSA) is 111 Å². The number of rotatable bonds is 9. The van der Waals surface area contributed by atoms with Gasteiger partial charge in [-0.1, -0.05) is 26.8 Å². The molecule has 1 fully saturated rings. The van der Waals surface area contributed by atoms with Gasteiger partial charge < -0.3 is 19.7 Å². The van der Waals surface area contributed by atoms with Gasteiger partial charge in [0.05, 0.1) is 34.8 Å². The average Bonchev–Trinajstić information content (AvgIpc) is 3.18. The van der Waals surface area contributed by atoms with E-state index in [1.807, 2.05) is 6.92 Å². The van der Waals surface area contributed by atoms with E-state index in [0.717, 1.165) is 13.8 Å². The summed E-state index contributed by atoms with van der Waals surface area (Å²) < 4.78 is 71.2. The van der Waals surface area contributed by atoms with E-state index in [-0.39, 0.29) is 31.5 Å². The first-order valence-corrected chi connectivity index (χ1v) is 14.9. The molecule has 2 N–H and O–H groups in total. The average molecular weight is 574 g/mol. The number of carbonyl (C=O) groups excluding carboxylic acids is 1. The molecule has 1 aromatic heterocycles. The highest BCUT2D eigenvalue weighted by Crippen LogP contribution is 2.42. The zero-order chi connectivity index (χ0) is 29.4. The molecule has 12 heteroatoms. The third-order valence-corrected chi connectivity index (χ3v) is 9.37. The van der Waals surface area contributed by atoms with Gasteiger partial charge in [0.2, 0.25) is 0 Å². The minimum atomic E-state index is -4.38. The molecule has 39 heavy (non-hydrogen) atoms. The summed E-state index contributed by atoms with van der Waals surface area (Å²) >= 11 is 0. The molecular weight excluding hydrogens is 535 g/mol. The van der Waals surface area contributed by atoms with Gasteiger partial charge >= 0.3 is 6.18 Å². The van der Waals surface area contributed by atoms with Crippen LogP contribution in [0.5, 0.6) is 5.75 Å². The molecule has 0 saturated heterocycles. The van der Waals surface area contributed by atoms with E-state index < -0.39 is 38.2 Å². The van der Waals surface area contributed by atoms with Gasteiger partial charge in [0.25, 0.3) is 5.91 Å². The molecule has 0 radical (unpaired) electrons. The predicted octanol–water partition coefficient (Wildman–Crippen LogP) is 4.33. The maximum absolute atomic E-state index is 13.5. The third-order valence-electron chi connectivity index (χ3n) is 7.68. The van der Waals surface area contributed by atoms with Crippen LogP contribution in [0.3, 0.4) is 0 Å². The molecule has 0 spiro atoms. The lowest BCUT2D eigenvalue weighted by molar-refractivity contribution is -0.211. The molecule has 0 atom stereocenters. The molecule has 8 nitrogen and oxygen atoms in total. The number of amides is 1. The monoisotopic (exact) mass is 573 g/mol. The molecule has 1 aliphatic rings. The van der Waals surface area contributed by atoms with Crippen molar-refractivity contribution in [2.45, 2.75) is 83.2 Å². The molecular formula is C27H38F3N3O5S. The molecule has 1 heterocycles. The highest BCUT2D eigenvalue weighted by Gasteiger charge is 2.47. The van der Waals surface area contributed by atoms with Crippen LogP contribution in [0.1, 0.15) is 74.0 Å². The fourth-order valence-electron chi connectivity index (χ4n) is 5.01. The highest BCUT2D eigenvalue weighted by molar-refractivity contribution is 7.91. The van der Waals surface area contributed by atoms with Crippen molar-refractivity contribution in [2.24, 2.45) is 5.41 Å². The van der Waals surface area contributed by atoms with Crippen molar-refractivity contribution in [3.8, 4) is 11.4 Å². The van der Waals surface area contributed by atoms with Gasteiger partial charge in [-0.2, -0.15) is 13.2 Å². The smallest absolute Gasteiger partial charge is 0.394 e. The Bertz CT molecular complexity index is 1310. The summed E-state index contributed by atoms with van der Waals surface area (Å²) in [5.74, 6) is 0.406. The summed E-state index contributed by atoms with van der Waals surface area (Å²) in [6.07, 6.45) is -1.78. The van der Waals surface area contributed by atoms with Gasteiger partial charge in [0.1, 0.15) is 27.1 Å². The number of nitrogens with zero attached hydrogens (tertiary/aromatic N) is 2. The van der Waals surface area contributed by atoms with Crippen LogP contribution in [-0.4, -0.2) is 65.9 Å². The van der Waals surface area contributed by atoms with Crippen molar-refractivity contribution < 1.29 is 36.2 Å². The van der Waals surface area contributed by atoms with E-state index in [0.29, 0.717) is 47.8 Å². The number of hydrogen-bond acceptors (Lipinski definition) is 6. The lowest BCUT2D eigenvalue weighted by Crippen LogP contribution is -2.47. The molecule has 218 valence electrons. The molecule has 0 aliphatic heterocycles. The van der Waals surface area contributed by atoms with Crippen LogP contribution in [0.4, 0.5) is 13.2 Å². The number of hydrogen-bond donors (Lipinski definition) is 2. The van der Waals surface area contributed by atoms with Gasteiger partial charge in [-0.25, -0.2) is 13.4 Å². The van der Waals surface area contributed by atoms with E-state index in [4.69, 9.17) is 4.74 Å². The maximum atomic E-state index is 13.5. The second-order valence-corrected chi connectivity index (χ2v) is 13.5. The molecule has 0 bridgehead atoms. The van der Waals surface area contributed by atoms with Gasteiger partial charge in [0, 0.05) is 25.3 Å². The first kappa shape index (κ1) is 30.9. The number of alkyl halides is 3. The first-order chi connectivity index (χ1) is 17.9. The SMILES string of the molecule is CCc1nc(C(=O)NCC2(O)CCC(S(C)(=O)=O)CC2)c(C)n1-c1ccc(CC(C)(C)C(F)(F)F)c(OC)c1. The number of methoxy groups -OCH3 is 1. The predicted molar refractivity (Wildman–Crippen MR) is 142 cm³/mol. The third kappa shape index (κ3) is 6.77. The summed E-state index contributed by atoms with van der Waals surface area (Å²) in [5.41, 5.74) is -1.44. The molecule has 0 unspecified atom stereocenters. The second-order valence-electron chi connectivity index (χ2n) is 11.1. The van der Waals surface area contributed by atoms with Crippen LogP contribution in [0.15, 0.2) is 18.2 Å². The van der Waals surface area contributed by atoms with Crippen LogP contribution >= 0.6 is 0 Å². The van der Waals surface area contributed by atoms with Gasteiger partial charge in [0.15, 0.2) is 0 Å². The zero-order valence-corrected chi connectivity index (χ0v) is 24.1. The second kappa shape index (κ2) is 11.1. The largest absolute Gasteiger partial charge is 0.496 e. The van der Waals surface area contributed by atoms with Crippen LogP contribution in [0, 0.1) is 12.3 Å². The number of nitrogens with one attached hydrogen (secondary N) is 1. The van der Waals surface area contributed by atoms with Crippen molar-refractivity contribution in [1.29, 1.82) is 0 Å². The lowest BCUT2D eigenvalue weighted by atomic mass is 9.84. The quantitative estimate of drug-likeness (QED) is 0.462. The Kier molecular flexibility index (Phi) is 8.81. The Hall–Kier alpha value is -2.60. The van der Waals surface area contributed by atoms with Crippen LogP contribution < -0.4 is 10.1 Å². The molecule has 2 aromatic rings. The van der Waals surface area contributed by atoms with Crippen molar-refractivity contribution >= 4 is 15.7 Å². The number of benzene rings is 1. The Morgan fingerprint density at radius 3 is 2.38 bits per heavy atom. The Morgan fingerprint density at radius 1 is 1.26 bits per heavy atom. The fraction of sp³-hybridized carbons (Fsp3) is 0.630. The summed E-state index contributed by atoms with van der Waals surface area (Å²) in [6, 6.07) is 4.92. The minimum Gasteiger partial charge on any atom is -0.496 e. The Labute approximate surface area is 227 Å². The molecule has 3 rings (SSSR count). The fourth-order valence-corrected chi connectivity index (χ4v) is 6.10. The zero-order valence-electron chi connectivity index (χ0n) is 23.3. The van der Waals surface area contributed by atoms with Gasteiger partial charge in [-0.05, 0) is 50.7 Å². The summed E-state index contributed by atoms with van der Waals surface area (Å²) in [7, 11) is -1.78. The number of imidazole rings is 1. The van der Waals surface area contributed by atoms with Crippen molar-refractivity contribution in [3.05, 3.63) is 41.0 Å². The standard InChI is InChI=1S/C27H38F3N3O5S/c1-7-22-32-23(24(34)31-16-26(35)12-10-20(11-13-26)39(6,36)37)17(2)33(22)19-9-8-18(21(14-19)38-5)15-25(3,4)27(28,29)30/h8-9,14,20,35H,7,10-13,15-16H2,1-6H3,(H,31,34). The van der Waals surface area contributed by atoms with E-state index in [1.54, 1.807) is 29.7 Å². The first-order valence-electron chi connectivity index (χ1n) is 12.9. The number of sulfone groups is 1. The maximum Gasteiger partial charge on any atom is 0.394 e. The number of carbonyl (C=O) groups is 1. The number of aryl methyl sites for hydroxylation is 1. The number of aliphatic hydroxyl groups is 1. The van der Waals surface area contributed by atoms with Crippen molar-refractivity contribution in [2.75, 3.05) is 19.9 Å². The molecule has 1 saturated carbocycles. The lowest BCUT2D eigenvalue weighted by Gasteiger charge is -2.35. The van der Waals surface area contributed by atoms with Crippen LogP contribution in [0.25, 0.3) is 5.69 Å². The Balaban J connectivity index is 1.82.